The summed E-state index contributed by atoms with van der Waals surface area (Å²) in [5.74, 6) is -1.89. The Morgan fingerprint density at radius 3 is 2.61 bits per heavy atom. The van der Waals surface area contributed by atoms with Gasteiger partial charge in [0.05, 0.1) is 17.8 Å². The maximum atomic E-state index is 13.6. The first-order chi connectivity index (χ1) is 13.2. The molecule has 0 bridgehead atoms. The molecule has 1 atom stereocenters. The van der Waals surface area contributed by atoms with E-state index in [0.29, 0.717) is 10.2 Å². The molecule has 1 amide bonds. The van der Waals surface area contributed by atoms with Crippen LogP contribution in [-0.4, -0.2) is 25.9 Å². The van der Waals surface area contributed by atoms with Gasteiger partial charge in [0.2, 0.25) is 0 Å². The van der Waals surface area contributed by atoms with Crippen molar-refractivity contribution in [2.24, 2.45) is 0 Å². The second kappa shape index (κ2) is 7.25. The molecule has 0 saturated carbocycles. The molecule has 0 spiro atoms. The van der Waals surface area contributed by atoms with Crippen molar-refractivity contribution in [1.29, 1.82) is 0 Å². The number of aromatic amines is 1. The van der Waals surface area contributed by atoms with Gasteiger partial charge in [0, 0.05) is 6.07 Å². The van der Waals surface area contributed by atoms with Gasteiger partial charge < -0.3 is 5.32 Å². The largest absolute Gasteiger partial charge is 0.434 e. The van der Waals surface area contributed by atoms with Crippen molar-refractivity contribution >= 4 is 5.91 Å². The fourth-order valence-electron chi connectivity index (χ4n) is 2.55. The number of amides is 1. The molecule has 146 valence electrons. The molecule has 3 rings (SSSR count). The highest BCUT2D eigenvalue weighted by atomic mass is 19.4. The number of hydrogen-bond donors (Lipinski definition) is 2. The quantitative estimate of drug-likeness (QED) is 0.665. The van der Waals surface area contributed by atoms with Gasteiger partial charge in [-0.05, 0) is 30.7 Å². The molecule has 0 unspecified atom stereocenters. The predicted octanol–water partition coefficient (Wildman–Crippen LogP) is 2.60. The lowest BCUT2D eigenvalue weighted by atomic mass is 10.1. The highest BCUT2D eigenvalue weighted by molar-refractivity contribution is 5.95. The Kier molecular flexibility index (Phi) is 4.99. The second-order valence-corrected chi connectivity index (χ2v) is 5.85. The van der Waals surface area contributed by atoms with Crippen LogP contribution in [0.2, 0.25) is 0 Å². The number of nitrogens with zero attached hydrogens (tertiary/aromatic N) is 3. The normalized spacial score (nSPS) is 12.6. The van der Waals surface area contributed by atoms with E-state index >= 15 is 0 Å². The first-order valence-electron chi connectivity index (χ1n) is 7.94. The number of carbonyl (C=O) groups excluding carboxylic acids is 1. The maximum absolute atomic E-state index is 13.6. The Bertz CT molecular complexity index is 1050. The summed E-state index contributed by atoms with van der Waals surface area (Å²) in [6, 6.07) is 6.61. The number of benzene rings is 1. The lowest BCUT2D eigenvalue weighted by molar-refractivity contribution is -0.143. The van der Waals surface area contributed by atoms with Crippen molar-refractivity contribution in [3.8, 4) is 5.82 Å². The average molecular weight is 395 g/mol. The van der Waals surface area contributed by atoms with E-state index in [9.17, 15) is 27.2 Å². The monoisotopic (exact) mass is 395 g/mol. The summed E-state index contributed by atoms with van der Waals surface area (Å²) in [5.41, 5.74) is -2.30. The van der Waals surface area contributed by atoms with Gasteiger partial charge >= 0.3 is 6.18 Å². The molecule has 28 heavy (non-hydrogen) atoms. The van der Waals surface area contributed by atoms with Crippen LogP contribution >= 0.6 is 0 Å². The standard InChI is InChI=1S/C17H13F4N5O2/c1-9(10-3-2-4-11(18)7-10)23-16(28)12-8-22-26(15(12)17(19,20)21)13-5-6-14(27)25-24-13/h2-9H,1H3,(H,23,28)(H,25,27)/t9-/m1/s1. The van der Waals surface area contributed by atoms with Crippen LogP contribution < -0.4 is 10.9 Å². The van der Waals surface area contributed by atoms with E-state index in [1.807, 2.05) is 5.10 Å². The van der Waals surface area contributed by atoms with Crippen molar-refractivity contribution in [3.05, 3.63) is 75.6 Å². The summed E-state index contributed by atoms with van der Waals surface area (Å²) in [5, 5.41) is 11.5. The van der Waals surface area contributed by atoms with E-state index in [1.54, 1.807) is 0 Å². The van der Waals surface area contributed by atoms with E-state index in [-0.39, 0.29) is 5.82 Å². The molecule has 0 aliphatic carbocycles. The van der Waals surface area contributed by atoms with Crippen LogP contribution in [0.15, 0.2) is 47.4 Å². The zero-order chi connectivity index (χ0) is 20.5. The van der Waals surface area contributed by atoms with Crippen LogP contribution in [-0.2, 0) is 6.18 Å². The lowest BCUT2D eigenvalue weighted by Gasteiger charge is -2.16. The first-order valence-corrected chi connectivity index (χ1v) is 7.94. The number of hydrogen-bond acceptors (Lipinski definition) is 4. The van der Waals surface area contributed by atoms with Gasteiger partial charge in [-0.1, -0.05) is 12.1 Å². The number of aromatic nitrogens is 4. The Hall–Kier alpha value is -3.50. The molecule has 0 radical (unpaired) electrons. The van der Waals surface area contributed by atoms with Crippen LogP contribution in [0.4, 0.5) is 17.6 Å². The molecule has 11 heteroatoms. The molecule has 0 fully saturated rings. The van der Waals surface area contributed by atoms with Gasteiger partial charge in [-0.2, -0.15) is 23.4 Å². The van der Waals surface area contributed by atoms with E-state index in [1.165, 1.54) is 31.2 Å². The van der Waals surface area contributed by atoms with E-state index in [0.717, 1.165) is 18.3 Å². The second-order valence-electron chi connectivity index (χ2n) is 5.85. The molecule has 2 heterocycles. The first kappa shape index (κ1) is 19.3. The minimum absolute atomic E-state index is 0.316. The molecule has 0 saturated heterocycles. The van der Waals surface area contributed by atoms with Gasteiger partial charge in [0.25, 0.3) is 11.5 Å². The van der Waals surface area contributed by atoms with Gasteiger partial charge in [0.15, 0.2) is 11.5 Å². The summed E-state index contributed by atoms with van der Waals surface area (Å²) >= 11 is 0. The van der Waals surface area contributed by atoms with E-state index in [2.05, 4.69) is 15.5 Å². The smallest absolute Gasteiger partial charge is 0.345 e. The third kappa shape index (κ3) is 3.92. The number of alkyl halides is 3. The van der Waals surface area contributed by atoms with Crippen molar-refractivity contribution in [1.82, 2.24) is 25.3 Å². The Morgan fingerprint density at radius 1 is 1.25 bits per heavy atom. The minimum Gasteiger partial charge on any atom is -0.345 e. The Balaban J connectivity index is 1.96. The van der Waals surface area contributed by atoms with Crippen LogP contribution in [0.3, 0.4) is 0 Å². The third-order valence-corrected chi connectivity index (χ3v) is 3.86. The maximum Gasteiger partial charge on any atom is 0.434 e. The van der Waals surface area contributed by atoms with Crippen LogP contribution in [0.1, 0.15) is 34.6 Å². The highest BCUT2D eigenvalue weighted by Gasteiger charge is 2.41. The summed E-state index contributed by atoms with van der Waals surface area (Å²) in [7, 11) is 0. The van der Waals surface area contributed by atoms with Gasteiger partial charge in [-0.25, -0.2) is 14.2 Å². The van der Waals surface area contributed by atoms with Gasteiger partial charge in [-0.15, -0.1) is 0 Å². The third-order valence-electron chi connectivity index (χ3n) is 3.86. The molecule has 7 nitrogen and oxygen atoms in total. The lowest BCUT2D eigenvalue weighted by Crippen LogP contribution is -2.29. The van der Waals surface area contributed by atoms with Gasteiger partial charge in [0.1, 0.15) is 5.82 Å². The van der Waals surface area contributed by atoms with Crippen LogP contribution in [0, 0.1) is 5.82 Å². The number of halogens is 4. The molecule has 0 aliphatic rings. The molecule has 2 aromatic heterocycles. The van der Waals surface area contributed by atoms with Crippen molar-refractivity contribution in [2.45, 2.75) is 19.1 Å². The van der Waals surface area contributed by atoms with E-state index in [4.69, 9.17) is 0 Å². The molecular weight excluding hydrogens is 382 g/mol. The summed E-state index contributed by atoms with van der Waals surface area (Å²) < 4.78 is 54.5. The predicted molar refractivity (Wildman–Crippen MR) is 89.3 cm³/mol. The SMILES string of the molecule is C[C@@H](NC(=O)c1cnn(-c2ccc(=O)[nH]n2)c1C(F)(F)F)c1cccc(F)c1. The summed E-state index contributed by atoms with van der Waals surface area (Å²) in [6.45, 7) is 1.51. The number of H-pyrrole nitrogens is 1. The molecule has 3 aromatic rings. The topological polar surface area (TPSA) is 92.7 Å². The van der Waals surface area contributed by atoms with Crippen molar-refractivity contribution in [3.63, 3.8) is 0 Å². The van der Waals surface area contributed by atoms with Crippen molar-refractivity contribution < 1.29 is 22.4 Å². The minimum atomic E-state index is -4.93. The van der Waals surface area contributed by atoms with E-state index < -0.39 is 40.8 Å². The van der Waals surface area contributed by atoms with Crippen LogP contribution in [0.5, 0.6) is 0 Å². The molecule has 2 N–H and O–H groups in total. The Morgan fingerprint density at radius 2 is 2.00 bits per heavy atom. The number of nitrogens with one attached hydrogen (secondary N) is 2. The number of carbonyl (C=O) groups is 1. The molecular formula is C17H13F4N5O2. The van der Waals surface area contributed by atoms with Gasteiger partial charge in [-0.3, -0.25) is 9.59 Å². The highest BCUT2D eigenvalue weighted by Crippen LogP contribution is 2.33. The number of rotatable bonds is 4. The molecule has 0 aliphatic heterocycles. The zero-order valence-corrected chi connectivity index (χ0v) is 14.3. The zero-order valence-electron chi connectivity index (χ0n) is 14.3. The Labute approximate surface area is 155 Å². The fourth-order valence-corrected chi connectivity index (χ4v) is 2.55. The molecule has 1 aromatic carbocycles. The average Bonchev–Trinajstić information content (AvgIpc) is 3.08. The summed E-state index contributed by atoms with van der Waals surface area (Å²) in [6.07, 6.45) is -4.17. The fraction of sp³-hybridized carbons (Fsp3) is 0.176. The summed E-state index contributed by atoms with van der Waals surface area (Å²) in [4.78, 5) is 23.5. The van der Waals surface area contributed by atoms with Crippen molar-refractivity contribution in [2.75, 3.05) is 0 Å². The van der Waals surface area contributed by atoms with Crippen LogP contribution in [0.25, 0.3) is 5.82 Å².